The number of methoxy groups -OCH3 is 1. The van der Waals surface area contributed by atoms with Gasteiger partial charge >= 0.3 is 5.97 Å². The first-order valence-electron chi connectivity index (χ1n) is 5.87. The SMILES string of the molecule is COC(=O)c1ccc(=O)n(N2CCC(F)(F)CC2)c1. The largest absolute Gasteiger partial charge is 0.465 e. The van der Waals surface area contributed by atoms with Crippen molar-refractivity contribution in [1.29, 1.82) is 0 Å². The number of hydrogen-bond donors (Lipinski definition) is 0. The Kier molecular flexibility index (Phi) is 3.55. The van der Waals surface area contributed by atoms with Gasteiger partial charge in [-0.15, -0.1) is 0 Å². The number of carbonyl (C=O) groups is 1. The molecule has 0 atom stereocenters. The third-order valence-electron chi connectivity index (χ3n) is 3.09. The molecule has 1 saturated heterocycles. The lowest BCUT2D eigenvalue weighted by Gasteiger charge is -2.34. The maximum absolute atomic E-state index is 13.1. The van der Waals surface area contributed by atoms with Gasteiger partial charge in [-0.25, -0.2) is 18.3 Å². The van der Waals surface area contributed by atoms with E-state index in [1.165, 1.54) is 35.1 Å². The Labute approximate surface area is 108 Å². The lowest BCUT2D eigenvalue weighted by Crippen LogP contribution is -2.49. The minimum atomic E-state index is -2.68. The summed E-state index contributed by atoms with van der Waals surface area (Å²) in [7, 11) is 1.24. The van der Waals surface area contributed by atoms with Gasteiger partial charge in [0, 0.05) is 38.2 Å². The number of aromatic nitrogens is 1. The molecule has 104 valence electrons. The molecule has 1 aromatic rings. The van der Waals surface area contributed by atoms with E-state index < -0.39 is 11.9 Å². The summed E-state index contributed by atoms with van der Waals surface area (Å²) < 4.78 is 31.9. The molecule has 0 unspecified atom stereocenters. The molecule has 0 N–H and O–H groups in total. The van der Waals surface area contributed by atoms with E-state index in [1.54, 1.807) is 0 Å². The van der Waals surface area contributed by atoms with Crippen LogP contribution in [0.2, 0.25) is 0 Å². The van der Waals surface area contributed by atoms with Gasteiger partial charge < -0.3 is 9.75 Å². The summed E-state index contributed by atoms with van der Waals surface area (Å²) in [5, 5.41) is 1.51. The Morgan fingerprint density at radius 1 is 1.32 bits per heavy atom. The highest BCUT2D eigenvalue weighted by atomic mass is 19.3. The third kappa shape index (κ3) is 2.91. The molecule has 1 aromatic heterocycles. The van der Waals surface area contributed by atoms with Crippen LogP contribution in [0, 0.1) is 0 Å². The first-order valence-corrected chi connectivity index (χ1v) is 5.87. The standard InChI is InChI=1S/C12H14F2N2O3/c1-19-11(18)9-2-3-10(17)16(8-9)15-6-4-12(13,14)5-7-15/h2-3,8H,4-7H2,1H3. The Hall–Kier alpha value is -1.92. The fraction of sp³-hybridized carbons (Fsp3) is 0.500. The van der Waals surface area contributed by atoms with Crippen LogP contribution >= 0.6 is 0 Å². The summed E-state index contributed by atoms with van der Waals surface area (Å²) in [4.78, 5) is 23.1. The quantitative estimate of drug-likeness (QED) is 0.754. The van der Waals surface area contributed by atoms with Crippen molar-refractivity contribution in [2.45, 2.75) is 18.8 Å². The van der Waals surface area contributed by atoms with Crippen LogP contribution in [-0.2, 0) is 4.74 Å². The second kappa shape index (κ2) is 4.99. The molecule has 5 nitrogen and oxygen atoms in total. The number of esters is 1. The molecule has 0 aliphatic carbocycles. The van der Waals surface area contributed by atoms with Gasteiger partial charge in [0.15, 0.2) is 0 Å². The van der Waals surface area contributed by atoms with Crippen LogP contribution in [0.4, 0.5) is 8.78 Å². The maximum atomic E-state index is 13.1. The topological polar surface area (TPSA) is 51.5 Å². The Balaban J connectivity index is 2.25. The molecule has 0 bridgehead atoms. The zero-order chi connectivity index (χ0) is 14.0. The van der Waals surface area contributed by atoms with Crippen molar-refractivity contribution in [3.05, 3.63) is 34.2 Å². The molecule has 0 saturated carbocycles. The van der Waals surface area contributed by atoms with Gasteiger partial charge in [-0.1, -0.05) is 0 Å². The van der Waals surface area contributed by atoms with E-state index in [9.17, 15) is 18.4 Å². The van der Waals surface area contributed by atoms with Crippen LogP contribution in [-0.4, -0.2) is 36.8 Å². The predicted octanol–water partition coefficient (Wildman–Crippen LogP) is 1.00. The Morgan fingerprint density at radius 3 is 2.53 bits per heavy atom. The average molecular weight is 272 g/mol. The number of carbonyl (C=O) groups excluding carboxylic acids is 1. The van der Waals surface area contributed by atoms with Crippen molar-refractivity contribution in [3.63, 3.8) is 0 Å². The third-order valence-corrected chi connectivity index (χ3v) is 3.09. The number of halogens is 2. The molecule has 1 fully saturated rings. The maximum Gasteiger partial charge on any atom is 0.339 e. The molecule has 2 heterocycles. The number of piperidine rings is 1. The van der Waals surface area contributed by atoms with Gasteiger partial charge in [-0.2, -0.15) is 0 Å². The van der Waals surface area contributed by atoms with Crippen molar-refractivity contribution in [2.24, 2.45) is 0 Å². The van der Waals surface area contributed by atoms with E-state index in [1.807, 2.05) is 0 Å². The van der Waals surface area contributed by atoms with E-state index in [2.05, 4.69) is 4.74 Å². The second-order valence-corrected chi connectivity index (χ2v) is 4.40. The lowest BCUT2D eigenvalue weighted by atomic mass is 10.1. The molecule has 2 rings (SSSR count). The average Bonchev–Trinajstić information content (AvgIpc) is 2.39. The van der Waals surface area contributed by atoms with E-state index in [4.69, 9.17) is 0 Å². The number of ether oxygens (including phenoxy) is 1. The van der Waals surface area contributed by atoms with Crippen LogP contribution in [0.5, 0.6) is 0 Å². The number of pyridine rings is 1. The van der Waals surface area contributed by atoms with Crippen molar-refractivity contribution >= 4 is 5.97 Å². The first-order chi connectivity index (χ1) is 8.93. The van der Waals surface area contributed by atoms with Gasteiger partial charge in [-0.3, -0.25) is 4.79 Å². The normalized spacial score (nSPS) is 18.2. The number of hydrogen-bond acceptors (Lipinski definition) is 4. The van der Waals surface area contributed by atoms with E-state index in [0.717, 1.165) is 0 Å². The van der Waals surface area contributed by atoms with Crippen LogP contribution < -0.4 is 10.6 Å². The van der Waals surface area contributed by atoms with Gasteiger partial charge in [0.1, 0.15) is 0 Å². The minimum absolute atomic E-state index is 0.0670. The van der Waals surface area contributed by atoms with Crippen molar-refractivity contribution in [1.82, 2.24) is 4.68 Å². The van der Waals surface area contributed by atoms with Gasteiger partial charge in [-0.05, 0) is 6.07 Å². The lowest BCUT2D eigenvalue weighted by molar-refractivity contribution is -0.0260. The Bertz CT molecular complexity index is 532. The minimum Gasteiger partial charge on any atom is -0.465 e. The highest BCUT2D eigenvalue weighted by Gasteiger charge is 2.34. The molecule has 0 radical (unpaired) electrons. The summed E-state index contributed by atoms with van der Waals surface area (Å²) in [5.41, 5.74) is -0.155. The van der Waals surface area contributed by atoms with Crippen LogP contribution in [0.3, 0.4) is 0 Å². The highest BCUT2D eigenvalue weighted by Crippen LogP contribution is 2.26. The number of alkyl halides is 2. The molecular weight excluding hydrogens is 258 g/mol. The summed E-state index contributed by atoms with van der Waals surface area (Å²) in [6, 6.07) is 2.57. The summed E-state index contributed by atoms with van der Waals surface area (Å²) in [6.07, 6.45) is 0.710. The van der Waals surface area contributed by atoms with Crippen LogP contribution in [0.15, 0.2) is 23.1 Å². The highest BCUT2D eigenvalue weighted by molar-refractivity contribution is 5.88. The van der Waals surface area contributed by atoms with Crippen molar-refractivity contribution in [3.8, 4) is 0 Å². The van der Waals surface area contributed by atoms with Gasteiger partial charge in [0.05, 0.1) is 12.7 Å². The first kappa shape index (κ1) is 13.5. The summed E-state index contributed by atoms with van der Waals surface area (Å²) >= 11 is 0. The smallest absolute Gasteiger partial charge is 0.339 e. The molecule has 0 aromatic carbocycles. The monoisotopic (exact) mass is 272 g/mol. The van der Waals surface area contributed by atoms with Crippen molar-refractivity contribution in [2.75, 3.05) is 25.2 Å². The molecule has 7 heteroatoms. The molecular formula is C12H14F2N2O3. The zero-order valence-corrected chi connectivity index (χ0v) is 10.4. The van der Waals surface area contributed by atoms with Gasteiger partial charge in [0.25, 0.3) is 11.5 Å². The van der Waals surface area contributed by atoms with E-state index >= 15 is 0 Å². The predicted molar refractivity (Wildman–Crippen MR) is 64.2 cm³/mol. The fourth-order valence-electron chi connectivity index (χ4n) is 1.97. The van der Waals surface area contributed by atoms with Crippen LogP contribution in [0.1, 0.15) is 23.2 Å². The number of rotatable bonds is 2. The van der Waals surface area contributed by atoms with Crippen molar-refractivity contribution < 1.29 is 18.3 Å². The fourth-order valence-corrected chi connectivity index (χ4v) is 1.97. The molecule has 0 amide bonds. The van der Waals surface area contributed by atoms with E-state index in [-0.39, 0.29) is 37.1 Å². The number of nitrogens with zero attached hydrogens (tertiary/aromatic N) is 2. The second-order valence-electron chi connectivity index (χ2n) is 4.40. The Morgan fingerprint density at radius 2 is 1.95 bits per heavy atom. The summed E-state index contributed by atoms with van der Waals surface area (Å²) in [6.45, 7) is 0.134. The summed E-state index contributed by atoms with van der Waals surface area (Å²) in [5.74, 6) is -3.25. The molecule has 1 aliphatic rings. The van der Waals surface area contributed by atoms with E-state index in [0.29, 0.717) is 0 Å². The molecule has 1 aliphatic heterocycles. The zero-order valence-electron chi connectivity index (χ0n) is 10.4. The van der Waals surface area contributed by atoms with Crippen LogP contribution in [0.25, 0.3) is 0 Å². The van der Waals surface area contributed by atoms with Gasteiger partial charge in [0.2, 0.25) is 0 Å². The molecule has 19 heavy (non-hydrogen) atoms. The molecule has 0 spiro atoms.